The molecule has 4 heterocycles. The number of carbonyl (C=O) groups is 1. The summed E-state index contributed by atoms with van der Waals surface area (Å²) < 4.78 is 7.48. The highest BCUT2D eigenvalue weighted by Gasteiger charge is 2.41. The number of carbonyl (C=O) groups excluding carboxylic acids is 1. The van der Waals surface area contributed by atoms with Gasteiger partial charge in [0, 0.05) is 50.2 Å². The lowest BCUT2D eigenvalue weighted by atomic mass is 9.80. The van der Waals surface area contributed by atoms with Gasteiger partial charge in [-0.3, -0.25) is 9.48 Å². The molecule has 1 atom stereocenters. The number of hydrogen-bond acceptors (Lipinski definition) is 7. The summed E-state index contributed by atoms with van der Waals surface area (Å²) in [6.07, 6.45) is 5.41. The van der Waals surface area contributed by atoms with Crippen LogP contribution in [0.3, 0.4) is 0 Å². The van der Waals surface area contributed by atoms with E-state index in [0.29, 0.717) is 19.8 Å². The number of hydrogen-bond donors (Lipinski definition) is 0. The number of anilines is 1. The minimum Gasteiger partial charge on any atom is -0.379 e. The van der Waals surface area contributed by atoms with Crippen molar-refractivity contribution < 1.29 is 9.53 Å². The van der Waals surface area contributed by atoms with E-state index in [2.05, 4.69) is 20.0 Å². The fraction of sp³-hybridized carbons (Fsp3) is 0.625. The molecule has 1 spiro atoms. The molecule has 8 nitrogen and oxygen atoms in total. The van der Waals surface area contributed by atoms with Crippen molar-refractivity contribution in [3.05, 3.63) is 23.7 Å². The van der Waals surface area contributed by atoms with Crippen molar-refractivity contribution in [2.24, 2.45) is 12.5 Å². The number of amides is 1. The predicted octanol–water partition coefficient (Wildman–Crippen LogP) is 1.03. The number of thiazole rings is 1. The second-order valence-corrected chi connectivity index (χ2v) is 7.73. The van der Waals surface area contributed by atoms with Crippen molar-refractivity contribution in [2.75, 3.05) is 44.3 Å². The number of rotatable bonds is 2. The third-order valence-corrected chi connectivity index (χ3v) is 5.70. The molecule has 2 aromatic rings. The fourth-order valence-electron chi connectivity index (χ4n) is 3.74. The number of aromatic nitrogens is 4. The Labute approximate surface area is 150 Å². The summed E-state index contributed by atoms with van der Waals surface area (Å²) in [5, 5.41) is 7.18. The molecule has 2 fully saturated rings. The molecule has 2 aromatic heterocycles. The first kappa shape index (κ1) is 16.5. The lowest BCUT2D eigenvalue weighted by Gasteiger charge is -2.43. The van der Waals surface area contributed by atoms with Crippen molar-refractivity contribution in [3.63, 3.8) is 0 Å². The van der Waals surface area contributed by atoms with Crippen molar-refractivity contribution in [1.29, 1.82) is 0 Å². The zero-order valence-corrected chi connectivity index (χ0v) is 15.1. The van der Waals surface area contributed by atoms with E-state index in [-0.39, 0.29) is 17.1 Å². The summed E-state index contributed by atoms with van der Waals surface area (Å²) in [5.74, 6) is 0.176. The molecular weight excluding hydrogens is 340 g/mol. The normalized spacial score (nSPS) is 24.5. The van der Waals surface area contributed by atoms with Crippen LogP contribution in [0.25, 0.3) is 0 Å². The zero-order chi connectivity index (χ0) is 17.3. The van der Waals surface area contributed by atoms with Gasteiger partial charge in [0.05, 0.1) is 13.2 Å². The number of nitrogens with zero attached hydrogens (tertiary/aromatic N) is 6. The van der Waals surface area contributed by atoms with Crippen molar-refractivity contribution >= 4 is 22.4 Å². The molecule has 0 aromatic carbocycles. The summed E-state index contributed by atoms with van der Waals surface area (Å²) in [5.41, 5.74) is -0.0646. The molecule has 0 bridgehead atoms. The first-order chi connectivity index (χ1) is 12.2. The van der Waals surface area contributed by atoms with E-state index in [4.69, 9.17) is 4.74 Å². The number of likely N-dealkylation sites (tertiary alicyclic amines) is 1. The zero-order valence-electron chi connectivity index (χ0n) is 14.3. The van der Waals surface area contributed by atoms with Gasteiger partial charge in [0.15, 0.2) is 5.13 Å². The van der Waals surface area contributed by atoms with Crippen molar-refractivity contribution in [3.8, 4) is 0 Å². The van der Waals surface area contributed by atoms with E-state index >= 15 is 0 Å². The topological polar surface area (TPSA) is 76.4 Å². The Morgan fingerprint density at radius 2 is 2.24 bits per heavy atom. The smallest absolute Gasteiger partial charge is 0.293 e. The quantitative estimate of drug-likeness (QED) is 0.794. The van der Waals surface area contributed by atoms with E-state index in [1.807, 2.05) is 16.5 Å². The van der Waals surface area contributed by atoms with Crippen LogP contribution in [0.2, 0.25) is 0 Å². The van der Waals surface area contributed by atoms with Gasteiger partial charge in [-0.15, -0.1) is 16.4 Å². The molecule has 25 heavy (non-hydrogen) atoms. The van der Waals surface area contributed by atoms with Gasteiger partial charge in [-0.05, 0) is 12.8 Å². The van der Waals surface area contributed by atoms with Crippen molar-refractivity contribution in [2.45, 2.75) is 12.8 Å². The van der Waals surface area contributed by atoms with Crippen LogP contribution in [-0.4, -0.2) is 69.9 Å². The van der Waals surface area contributed by atoms with Gasteiger partial charge >= 0.3 is 0 Å². The Morgan fingerprint density at radius 1 is 1.32 bits per heavy atom. The maximum atomic E-state index is 12.8. The molecule has 1 unspecified atom stereocenters. The largest absolute Gasteiger partial charge is 0.379 e. The maximum absolute atomic E-state index is 12.8. The highest BCUT2D eigenvalue weighted by Crippen LogP contribution is 2.35. The van der Waals surface area contributed by atoms with Gasteiger partial charge in [-0.2, -0.15) is 0 Å². The molecule has 0 saturated carbocycles. The van der Waals surface area contributed by atoms with Crippen LogP contribution >= 0.6 is 11.3 Å². The second-order valence-electron chi connectivity index (χ2n) is 6.86. The van der Waals surface area contributed by atoms with Gasteiger partial charge in [0.2, 0.25) is 5.82 Å². The van der Waals surface area contributed by atoms with E-state index in [0.717, 1.165) is 37.6 Å². The average Bonchev–Trinajstić information content (AvgIpc) is 3.25. The van der Waals surface area contributed by atoms with E-state index in [1.165, 1.54) is 0 Å². The molecule has 4 rings (SSSR count). The average molecular weight is 362 g/mol. The molecule has 2 aliphatic heterocycles. The molecule has 2 aliphatic rings. The number of aryl methyl sites for hydroxylation is 1. The highest BCUT2D eigenvalue weighted by atomic mass is 32.1. The van der Waals surface area contributed by atoms with E-state index in [9.17, 15) is 4.79 Å². The molecule has 134 valence electrons. The molecule has 0 aliphatic carbocycles. The minimum absolute atomic E-state index is 0.0646. The molecule has 1 amide bonds. The van der Waals surface area contributed by atoms with Crippen molar-refractivity contribution in [1.82, 2.24) is 24.6 Å². The first-order valence-electron chi connectivity index (χ1n) is 8.52. The predicted molar refractivity (Wildman–Crippen MR) is 93.7 cm³/mol. The Bertz CT molecular complexity index is 733. The van der Waals surface area contributed by atoms with Crippen LogP contribution in [-0.2, 0) is 11.8 Å². The number of ether oxygens (including phenoxy) is 1. The van der Waals surface area contributed by atoms with Crippen LogP contribution in [0.5, 0.6) is 0 Å². The van der Waals surface area contributed by atoms with Gasteiger partial charge in [0.25, 0.3) is 5.91 Å². The van der Waals surface area contributed by atoms with Crippen LogP contribution < -0.4 is 4.90 Å². The lowest BCUT2D eigenvalue weighted by molar-refractivity contribution is 0.0130. The van der Waals surface area contributed by atoms with Crippen LogP contribution in [0, 0.1) is 5.41 Å². The Hall–Kier alpha value is -2.00. The van der Waals surface area contributed by atoms with Gasteiger partial charge < -0.3 is 14.5 Å². The molecule has 2 saturated heterocycles. The highest BCUT2D eigenvalue weighted by molar-refractivity contribution is 7.13. The summed E-state index contributed by atoms with van der Waals surface area (Å²) in [6, 6.07) is 0. The Morgan fingerprint density at radius 3 is 3.00 bits per heavy atom. The molecule has 0 N–H and O–H groups in total. The third kappa shape index (κ3) is 3.38. The van der Waals surface area contributed by atoms with Gasteiger partial charge in [-0.1, -0.05) is 0 Å². The van der Waals surface area contributed by atoms with Crippen LogP contribution in [0.15, 0.2) is 17.9 Å². The summed E-state index contributed by atoms with van der Waals surface area (Å²) in [7, 11) is 1.77. The minimum atomic E-state index is -0.0929. The maximum Gasteiger partial charge on any atom is 0.293 e. The monoisotopic (exact) mass is 362 g/mol. The Kier molecular flexibility index (Phi) is 4.43. The van der Waals surface area contributed by atoms with Gasteiger partial charge in [0.1, 0.15) is 6.33 Å². The summed E-state index contributed by atoms with van der Waals surface area (Å²) in [4.78, 5) is 25.5. The summed E-state index contributed by atoms with van der Waals surface area (Å²) in [6.45, 7) is 4.48. The lowest BCUT2D eigenvalue weighted by Crippen LogP contribution is -2.52. The second kappa shape index (κ2) is 6.72. The molecule has 0 radical (unpaired) electrons. The third-order valence-electron chi connectivity index (χ3n) is 4.87. The fourth-order valence-corrected chi connectivity index (χ4v) is 4.41. The SMILES string of the molecule is Cn1cnc(C(=O)N2CCCC3(COCCN(c4nccs4)C3)C2)n1. The number of piperidine rings is 1. The standard InChI is InChI=1S/C16H22N6O2S/c1-20-12-18-13(19-20)14(23)21-5-2-3-16(9-21)10-22(6-7-24-11-16)15-17-4-8-25-15/h4,8,12H,2-3,5-7,9-11H2,1H3. The van der Waals surface area contributed by atoms with Crippen LogP contribution in [0.1, 0.15) is 23.5 Å². The molecule has 9 heteroatoms. The summed E-state index contributed by atoms with van der Waals surface area (Å²) >= 11 is 1.65. The van der Waals surface area contributed by atoms with Crippen LogP contribution in [0.4, 0.5) is 5.13 Å². The van der Waals surface area contributed by atoms with Gasteiger partial charge in [-0.25, -0.2) is 9.97 Å². The van der Waals surface area contributed by atoms with E-state index < -0.39 is 0 Å². The molecular formula is C16H22N6O2S. The first-order valence-corrected chi connectivity index (χ1v) is 9.40. The Balaban J connectivity index is 1.53. The van der Waals surface area contributed by atoms with E-state index in [1.54, 1.807) is 29.4 Å².